The molecule has 2 atom stereocenters. The van der Waals surface area contributed by atoms with Crippen molar-refractivity contribution in [1.29, 1.82) is 0 Å². The van der Waals surface area contributed by atoms with E-state index >= 15 is 0 Å². The van der Waals surface area contributed by atoms with Gasteiger partial charge >= 0.3 is 0 Å². The average molecular weight is 335 g/mol. The van der Waals surface area contributed by atoms with Gasteiger partial charge in [0.2, 0.25) is 0 Å². The molecule has 1 fully saturated rings. The zero-order chi connectivity index (χ0) is 11.1. The molecular formula is C11H13Br2NO. The molecule has 0 aliphatic heterocycles. The molecule has 1 aromatic heterocycles. The Labute approximate surface area is 107 Å². The van der Waals surface area contributed by atoms with Gasteiger partial charge in [-0.1, -0.05) is 29.8 Å². The molecule has 0 aromatic carbocycles. The molecule has 2 unspecified atom stereocenters. The van der Waals surface area contributed by atoms with Crippen molar-refractivity contribution in [2.24, 2.45) is 5.41 Å². The highest BCUT2D eigenvalue weighted by Crippen LogP contribution is 2.47. The minimum Gasteiger partial charge on any atom is -0.488 e. The first-order valence-corrected chi connectivity index (χ1v) is 6.62. The molecule has 1 saturated carbocycles. The van der Waals surface area contributed by atoms with E-state index < -0.39 is 0 Å². The van der Waals surface area contributed by atoms with Crippen LogP contribution in [0.25, 0.3) is 0 Å². The standard InChI is InChI=1S/C11H13Br2NO/c1-11(2)9(13)4-10(11)15-8-3-7(12)5-14-6-8/h3,5-6,9-10H,4H2,1-2H3. The van der Waals surface area contributed by atoms with Gasteiger partial charge in [0.1, 0.15) is 11.9 Å². The van der Waals surface area contributed by atoms with Gasteiger partial charge in [-0.2, -0.15) is 0 Å². The summed E-state index contributed by atoms with van der Waals surface area (Å²) in [5.41, 5.74) is 0.197. The molecule has 0 amide bonds. The van der Waals surface area contributed by atoms with Crippen LogP contribution in [0.2, 0.25) is 0 Å². The zero-order valence-corrected chi connectivity index (χ0v) is 11.9. The van der Waals surface area contributed by atoms with E-state index in [4.69, 9.17) is 4.74 Å². The first-order valence-electron chi connectivity index (χ1n) is 4.91. The normalized spacial score (nSPS) is 28.3. The number of nitrogens with zero attached hydrogens (tertiary/aromatic N) is 1. The lowest BCUT2D eigenvalue weighted by Gasteiger charge is -2.48. The van der Waals surface area contributed by atoms with Crippen LogP contribution in [0.5, 0.6) is 5.75 Å². The summed E-state index contributed by atoms with van der Waals surface area (Å²) in [6.45, 7) is 4.43. The summed E-state index contributed by atoms with van der Waals surface area (Å²) in [4.78, 5) is 4.63. The molecule has 0 saturated heterocycles. The van der Waals surface area contributed by atoms with Crippen LogP contribution in [0.3, 0.4) is 0 Å². The second kappa shape index (κ2) is 4.06. The fraction of sp³-hybridized carbons (Fsp3) is 0.545. The number of aromatic nitrogens is 1. The molecule has 0 N–H and O–H groups in total. The van der Waals surface area contributed by atoms with Crippen LogP contribution in [-0.2, 0) is 0 Å². The van der Waals surface area contributed by atoms with Crippen LogP contribution < -0.4 is 4.74 Å². The third-order valence-corrected chi connectivity index (χ3v) is 5.00. The first kappa shape index (κ1) is 11.4. The molecule has 2 rings (SSSR count). The lowest BCUT2D eigenvalue weighted by atomic mass is 9.69. The van der Waals surface area contributed by atoms with E-state index in [1.165, 1.54) is 0 Å². The van der Waals surface area contributed by atoms with Gasteiger partial charge in [-0.25, -0.2) is 0 Å². The maximum Gasteiger partial charge on any atom is 0.139 e. The SMILES string of the molecule is CC1(C)C(Br)CC1Oc1cncc(Br)c1. The summed E-state index contributed by atoms with van der Waals surface area (Å²) < 4.78 is 6.85. The highest BCUT2D eigenvalue weighted by Gasteiger charge is 2.48. The highest BCUT2D eigenvalue weighted by atomic mass is 79.9. The number of halogens is 2. The zero-order valence-electron chi connectivity index (χ0n) is 8.71. The van der Waals surface area contributed by atoms with Crippen molar-refractivity contribution in [3.05, 3.63) is 22.9 Å². The lowest BCUT2D eigenvalue weighted by molar-refractivity contribution is -0.00806. The van der Waals surface area contributed by atoms with E-state index in [1.54, 1.807) is 12.4 Å². The molecule has 1 aliphatic rings. The van der Waals surface area contributed by atoms with Crippen molar-refractivity contribution in [3.63, 3.8) is 0 Å². The third kappa shape index (κ3) is 2.21. The Morgan fingerprint density at radius 1 is 1.47 bits per heavy atom. The number of ether oxygens (including phenoxy) is 1. The number of rotatable bonds is 2. The van der Waals surface area contributed by atoms with Gasteiger partial charge in [0, 0.05) is 20.9 Å². The minimum absolute atomic E-state index is 0.197. The monoisotopic (exact) mass is 333 g/mol. The van der Waals surface area contributed by atoms with Gasteiger partial charge in [0.25, 0.3) is 0 Å². The summed E-state index contributed by atoms with van der Waals surface area (Å²) in [6, 6.07) is 1.95. The van der Waals surface area contributed by atoms with Crippen molar-refractivity contribution in [2.45, 2.75) is 31.2 Å². The van der Waals surface area contributed by atoms with Crippen LogP contribution in [0.4, 0.5) is 0 Å². The van der Waals surface area contributed by atoms with Gasteiger partial charge in [0.05, 0.1) is 6.20 Å². The van der Waals surface area contributed by atoms with Crippen LogP contribution >= 0.6 is 31.9 Å². The first-order chi connectivity index (χ1) is 7.00. The fourth-order valence-corrected chi connectivity index (χ4v) is 2.64. The Kier molecular flexibility index (Phi) is 3.08. The maximum atomic E-state index is 5.89. The molecule has 0 spiro atoms. The van der Waals surface area contributed by atoms with E-state index in [1.807, 2.05) is 6.07 Å². The Hall–Kier alpha value is -0.0900. The second-order valence-corrected chi connectivity index (χ2v) is 6.49. The van der Waals surface area contributed by atoms with Crippen LogP contribution in [0.15, 0.2) is 22.9 Å². The van der Waals surface area contributed by atoms with Crippen molar-refractivity contribution >= 4 is 31.9 Å². The largest absolute Gasteiger partial charge is 0.488 e. The molecule has 15 heavy (non-hydrogen) atoms. The Morgan fingerprint density at radius 2 is 2.20 bits per heavy atom. The number of hydrogen-bond donors (Lipinski definition) is 0. The molecule has 0 radical (unpaired) electrons. The molecular weight excluding hydrogens is 322 g/mol. The van der Waals surface area contributed by atoms with Crippen molar-refractivity contribution < 1.29 is 4.74 Å². The van der Waals surface area contributed by atoms with E-state index in [0.29, 0.717) is 4.83 Å². The van der Waals surface area contributed by atoms with Crippen molar-refractivity contribution in [3.8, 4) is 5.75 Å². The highest BCUT2D eigenvalue weighted by molar-refractivity contribution is 9.10. The molecule has 1 aromatic rings. The van der Waals surface area contributed by atoms with Gasteiger partial charge in [0.15, 0.2) is 0 Å². The quantitative estimate of drug-likeness (QED) is 0.768. The Balaban J connectivity index is 2.05. The molecule has 4 heteroatoms. The average Bonchev–Trinajstić information content (AvgIpc) is 2.17. The van der Waals surface area contributed by atoms with E-state index in [2.05, 4.69) is 50.7 Å². The summed E-state index contributed by atoms with van der Waals surface area (Å²) >= 11 is 7.03. The van der Waals surface area contributed by atoms with E-state index in [0.717, 1.165) is 16.6 Å². The fourth-order valence-electron chi connectivity index (χ4n) is 1.66. The van der Waals surface area contributed by atoms with Gasteiger partial charge < -0.3 is 4.74 Å². The third-order valence-electron chi connectivity index (χ3n) is 3.02. The molecule has 1 heterocycles. The predicted molar refractivity (Wildman–Crippen MR) is 67.5 cm³/mol. The van der Waals surface area contributed by atoms with Crippen molar-refractivity contribution in [2.75, 3.05) is 0 Å². The summed E-state index contributed by atoms with van der Waals surface area (Å²) in [7, 11) is 0. The van der Waals surface area contributed by atoms with Gasteiger partial charge in [-0.05, 0) is 28.4 Å². The number of pyridine rings is 1. The summed E-state index contributed by atoms with van der Waals surface area (Å²) in [5, 5.41) is 0. The molecule has 1 aliphatic carbocycles. The van der Waals surface area contributed by atoms with Gasteiger partial charge in [-0.3, -0.25) is 4.98 Å². The summed E-state index contributed by atoms with van der Waals surface area (Å²) in [5.74, 6) is 0.835. The number of alkyl halides is 1. The van der Waals surface area contributed by atoms with Gasteiger partial charge in [-0.15, -0.1) is 0 Å². The van der Waals surface area contributed by atoms with E-state index in [9.17, 15) is 0 Å². The predicted octanol–water partition coefficient (Wildman–Crippen LogP) is 3.78. The topological polar surface area (TPSA) is 22.1 Å². The smallest absolute Gasteiger partial charge is 0.139 e. The van der Waals surface area contributed by atoms with Crippen LogP contribution in [0, 0.1) is 5.41 Å². The summed E-state index contributed by atoms with van der Waals surface area (Å²) in [6.07, 6.45) is 4.84. The van der Waals surface area contributed by atoms with E-state index in [-0.39, 0.29) is 11.5 Å². The number of hydrogen-bond acceptors (Lipinski definition) is 2. The second-order valence-electron chi connectivity index (χ2n) is 4.47. The Morgan fingerprint density at radius 3 is 2.73 bits per heavy atom. The minimum atomic E-state index is 0.197. The maximum absolute atomic E-state index is 5.89. The van der Waals surface area contributed by atoms with Crippen LogP contribution in [-0.4, -0.2) is 15.9 Å². The van der Waals surface area contributed by atoms with Crippen molar-refractivity contribution in [1.82, 2.24) is 4.98 Å². The molecule has 82 valence electrons. The lowest BCUT2D eigenvalue weighted by Crippen LogP contribution is -2.53. The Bertz CT molecular complexity index is 367. The van der Waals surface area contributed by atoms with Crippen LogP contribution in [0.1, 0.15) is 20.3 Å². The molecule has 0 bridgehead atoms. The molecule has 2 nitrogen and oxygen atoms in total.